The minimum absolute atomic E-state index is 0.00722. The van der Waals surface area contributed by atoms with E-state index in [1.165, 1.54) is 12.1 Å². The molecule has 2 rings (SSSR count). The molecule has 0 radical (unpaired) electrons. The van der Waals surface area contributed by atoms with Gasteiger partial charge in [-0.25, -0.2) is 18.0 Å². The van der Waals surface area contributed by atoms with Crippen LogP contribution in [0.3, 0.4) is 0 Å². The van der Waals surface area contributed by atoms with E-state index in [2.05, 4.69) is 4.98 Å². The van der Waals surface area contributed by atoms with Crippen LogP contribution >= 0.6 is 23.2 Å². The summed E-state index contributed by atoms with van der Waals surface area (Å²) in [4.78, 5) is 27.8. The SMILES string of the molecule is CS(=O)(=O)Nn1c(=O)[nH]c2cc(Cl)cc(Cl)c2c1=O. The van der Waals surface area contributed by atoms with Crippen molar-refractivity contribution in [2.24, 2.45) is 0 Å². The molecule has 0 amide bonds. The van der Waals surface area contributed by atoms with Crippen molar-refractivity contribution in [3.8, 4) is 0 Å². The number of nitrogens with zero attached hydrogens (tertiary/aromatic N) is 1. The lowest BCUT2D eigenvalue weighted by Gasteiger charge is -2.08. The summed E-state index contributed by atoms with van der Waals surface area (Å²) in [5.74, 6) is 0. The zero-order chi connectivity index (χ0) is 14.4. The Bertz CT molecular complexity index is 885. The van der Waals surface area contributed by atoms with Crippen LogP contribution in [0, 0.1) is 0 Å². The summed E-state index contributed by atoms with van der Waals surface area (Å²) in [6, 6.07) is 2.66. The number of aromatic amines is 1. The van der Waals surface area contributed by atoms with E-state index in [-0.39, 0.29) is 20.9 Å². The molecule has 0 atom stereocenters. The lowest BCUT2D eigenvalue weighted by molar-refractivity contribution is 0.598. The minimum Gasteiger partial charge on any atom is -0.305 e. The number of nitrogens with one attached hydrogen (secondary N) is 2. The van der Waals surface area contributed by atoms with Gasteiger partial charge in [0.2, 0.25) is 10.0 Å². The minimum atomic E-state index is -3.79. The Balaban J connectivity index is 2.90. The maximum Gasteiger partial charge on any atom is 0.348 e. The first-order valence-electron chi connectivity index (χ1n) is 4.81. The third-order valence-corrected chi connectivity index (χ3v) is 3.20. The number of hydrogen-bond donors (Lipinski definition) is 2. The molecule has 2 N–H and O–H groups in total. The summed E-state index contributed by atoms with van der Waals surface area (Å²) in [6.45, 7) is 0. The first kappa shape index (κ1) is 13.9. The van der Waals surface area contributed by atoms with Gasteiger partial charge in [0.1, 0.15) is 0 Å². The van der Waals surface area contributed by atoms with Gasteiger partial charge in [-0.05, 0) is 12.1 Å². The van der Waals surface area contributed by atoms with Crippen LogP contribution < -0.4 is 16.1 Å². The highest BCUT2D eigenvalue weighted by molar-refractivity contribution is 7.91. The van der Waals surface area contributed by atoms with Crippen LogP contribution in [0.15, 0.2) is 21.7 Å². The van der Waals surface area contributed by atoms with E-state index in [0.717, 1.165) is 6.26 Å². The number of sulfonamides is 1. The smallest absolute Gasteiger partial charge is 0.305 e. The van der Waals surface area contributed by atoms with Gasteiger partial charge in [0.25, 0.3) is 5.56 Å². The number of aromatic nitrogens is 2. The van der Waals surface area contributed by atoms with Gasteiger partial charge in [-0.2, -0.15) is 4.68 Å². The first-order valence-corrected chi connectivity index (χ1v) is 7.45. The maximum atomic E-state index is 12.0. The van der Waals surface area contributed by atoms with E-state index in [1.54, 1.807) is 4.83 Å². The van der Waals surface area contributed by atoms with Crippen LogP contribution in [0.4, 0.5) is 0 Å². The summed E-state index contributed by atoms with van der Waals surface area (Å²) in [5, 5.41) is 0.205. The molecule has 19 heavy (non-hydrogen) atoms. The molecule has 0 fully saturated rings. The largest absolute Gasteiger partial charge is 0.348 e. The summed E-state index contributed by atoms with van der Waals surface area (Å²) >= 11 is 11.6. The summed E-state index contributed by atoms with van der Waals surface area (Å²) < 4.78 is 22.5. The Labute approximate surface area is 116 Å². The molecule has 7 nitrogen and oxygen atoms in total. The van der Waals surface area contributed by atoms with Crippen molar-refractivity contribution in [2.75, 3.05) is 11.1 Å². The van der Waals surface area contributed by atoms with E-state index in [1.807, 2.05) is 0 Å². The Morgan fingerprint density at radius 3 is 2.47 bits per heavy atom. The standard InChI is InChI=1S/C9H7Cl2N3O4S/c1-19(17,18)13-14-8(15)7-5(11)2-4(10)3-6(7)12-9(14)16/h2-3,13H,1H3,(H,12,16). The van der Waals surface area contributed by atoms with Crippen molar-refractivity contribution in [3.05, 3.63) is 43.0 Å². The van der Waals surface area contributed by atoms with Crippen molar-refractivity contribution < 1.29 is 8.42 Å². The van der Waals surface area contributed by atoms with E-state index < -0.39 is 21.3 Å². The Morgan fingerprint density at radius 1 is 1.26 bits per heavy atom. The fourth-order valence-electron chi connectivity index (χ4n) is 1.51. The molecule has 0 spiro atoms. The molecule has 1 aromatic carbocycles. The van der Waals surface area contributed by atoms with Crippen LogP contribution in [0.1, 0.15) is 0 Å². The second-order valence-corrected chi connectivity index (χ2v) is 6.31. The molecule has 1 aromatic heterocycles. The van der Waals surface area contributed by atoms with Crippen molar-refractivity contribution >= 4 is 44.1 Å². The molecule has 0 saturated carbocycles. The van der Waals surface area contributed by atoms with Crippen LogP contribution in [0.2, 0.25) is 10.0 Å². The predicted molar refractivity (Wildman–Crippen MR) is 73.1 cm³/mol. The van der Waals surface area contributed by atoms with Crippen molar-refractivity contribution in [1.82, 2.24) is 9.66 Å². The van der Waals surface area contributed by atoms with Gasteiger partial charge in [0.15, 0.2) is 0 Å². The number of hydrogen-bond acceptors (Lipinski definition) is 4. The van der Waals surface area contributed by atoms with Gasteiger partial charge in [0, 0.05) is 5.02 Å². The van der Waals surface area contributed by atoms with Gasteiger partial charge in [0.05, 0.1) is 22.2 Å². The molecule has 0 unspecified atom stereocenters. The normalized spacial score (nSPS) is 11.7. The van der Waals surface area contributed by atoms with E-state index in [9.17, 15) is 18.0 Å². The molecule has 0 aliphatic heterocycles. The number of halogens is 2. The molecule has 102 valence electrons. The highest BCUT2D eigenvalue weighted by Gasteiger charge is 2.14. The highest BCUT2D eigenvalue weighted by atomic mass is 35.5. The number of H-pyrrole nitrogens is 1. The average molecular weight is 324 g/mol. The zero-order valence-electron chi connectivity index (χ0n) is 9.40. The average Bonchev–Trinajstić information content (AvgIpc) is 2.21. The first-order chi connectivity index (χ1) is 8.69. The van der Waals surface area contributed by atoms with Crippen molar-refractivity contribution in [3.63, 3.8) is 0 Å². The molecule has 1 heterocycles. The molecule has 0 saturated heterocycles. The van der Waals surface area contributed by atoms with Gasteiger partial charge < -0.3 is 4.98 Å². The fourth-order valence-corrected chi connectivity index (χ4v) is 2.59. The third-order valence-electron chi connectivity index (χ3n) is 2.17. The van der Waals surface area contributed by atoms with Crippen LogP contribution in [0.25, 0.3) is 10.9 Å². The summed E-state index contributed by atoms with van der Waals surface area (Å²) in [6.07, 6.45) is 0.812. The lowest BCUT2D eigenvalue weighted by Crippen LogP contribution is -2.43. The quantitative estimate of drug-likeness (QED) is 0.840. The van der Waals surface area contributed by atoms with E-state index in [4.69, 9.17) is 23.2 Å². The summed E-state index contributed by atoms with van der Waals surface area (Å²) in [7, 11) is -3.79. The van der Waals surface area contributed by atoms with E-state index >= 15 is 0 Å². The lowest BCUT2D eigenvalue weighted by atomic mass is 10.2. The maximum absolute atomic E-state index is 12.0. The third kappa shape index (κ3) is 2.75. The number of fused-ring (bicyclic) bond motifs is 1. The predicted octanol–water partition coefficient (Wildman–Crippen LogP) is 0.500. The molecule has 2 aromatic rings. The van der Waals surface area contributed by atoms with Crippen molar-refractivity contribution in [1.29, 1.82) is 0 Å². The second kappa shape index (κ2) is 4.55. The monoisotopic (exact) mass is 323 g/mol. The number of benzene rings is 1. The molecule has 0 aliphatic carbocycles. The highest BCUT2D eigenvalue weighted by Crippen LogP contribution is 2.23. The molecular formula is C9H7Cl2N3O4S. The van der Waals surface area contributed by atoms with Gasteiger partial charge in [-0.15, -0.1) is 0 Å². The fraction of sp³-hybridized carbons (Fsp3) is 0.111. The topological polar surface area (TPSA) is 101 Å². The van der Waals surface area contributed by atoms with Crippen LogP contribution in [-0.4, -0.2) is 24.3 Å². The number of rotatable bonds is 2. The van der Waals surface area contributed by atoms with Crippen LogP contribution in [-0.2, 0) is 10.0 Å². The molecule has 0 aliphatic rings. The Kier molecular flexibility index (Phi) is 3.33. The Morgan fingerprint density at radius 2 is 1.89 bits per heavy atom. The second-order valence-electron chi connectivity index (χ2n) is 3.74. The zero-order valence-corrected chi connectivity index (χ0v) is 11.7. The van der Waals surface area contributed by atoms with Gasteiger partial charge in [-0.1, -0.05) is 23.2 Å². The molecule has 10 heteroatoms. The molecule has 0 bridgehead atoms. The van der Waals surface area contributed by atoms with Crippen LogP contribution in [0.5, 0.6) is 0 Å². The van der Waals surface area contributed by atoms with E-state index in [0.29, 0.717) is 4.68 Å². The summed E-state index contributed by atoms with van der Waals surface area (Å²) in [5.41, 5.74) is -1.70. The molecular weight excluding hydrogens is 317 g/mol. The van der Waals surface area contributed by atoms with Gasteiger partial charge >= 0.3 is 5.69 Å². The Hall–Kier alpha value is -1.51. The van der Waals surface area contributed by atoms with Crippen molar-refractivity contribution in [2.45, 2.75) is 0 Å². The van der Waals surface area contributed by atoms with Gasteiger partial charge in [-0.3, -0.25) is 4.79 Å².